The average molecular weight is 196 g/mol. The Kier molecular flexibility index (Phi) is 6.56. The molecule has 0 amide bonds. The molecule has 0 spiro atoms. The molecule has 0 heterocycles. The summed E-state index contributed by atoms with van der Waals surface area (Å²) in [6.07, 6.45) is 8.35. The molecule has 0 aromatic carbocycles. The maximum atomic E-state index is 10.1. The lowest BCUT2D eigenvalue weighted by Gasteiger charge is -2.33. The van der Waals surface area contributed by atoms with Crippen molar-refractivity contribution in [3.63, 3.8) is 0 Å². The standard InChI is InChI=1S/C13H24O/c1-5-8-9-12(14)13(4,10-6-2)11-7-3/h6-7,12,14H,2-3,5,8-11H2,1,4H3/t12-/m1/s1. The van der Waals surface area contributed by atoms with Crippen LogP contribution in [0.4, 0.5) is 0 Å². The third-order valence-electron chi connectivity index (χ3n) is 2.86. The van der Waals surface area contributed by atoms with Crippen LogP contribution in [0.2, 0.25) is 0 Å². The smallest absolute Gasteiger partial charge is 0.0599 e. The summed E-state index contributed by atoms with van der Waals surface area (Å²) < 4.78 is 0. The molecule has 1 heteroatoms. The molecule has 0 rings (SSSR count). The van der Waals surface area contributed by atoms with E-state index in [0.29, 0.717) is 0 Å². The predicted octanol–water partition coefficient (Wildman–Crippen LogP) is 3.70. The Morgan fingerprint density at radius 1 is 1.29 bits per heavy atom. The molecule has 14 heavy (non-hydrogen) atoms. The Hall–Kier alpha value is -0.560. The van der Waals surface area contributed by atoms with Gasteiger partial charge in [-0.1, -0.05) is 38.8 Å². The largest absolute Gasteiger partial charge is 0.393 e. The lowest BCUT2D eigenvalue weighted by atomic mass is 9.76. The molecule has 0 unspecified atom stereocenters. The lowest BCUT2D eigenvalue weighted by molar-refractivity contribution is 0.0325. The summed E-state index contributed by atoms with van der Waals surface area (Å²) >= 11 is 0. The van der Waals surface area contributed by atoms with E-state index >= 15 is 0 Å². The van der Waals surface area contributed by atoms with Gasteiger partial charge in [-0.05, 0) is 19.3 Å². The van der Waals surface area contributed by atoms with Gasteiger partial charge < -0.3 is 5.11 Å². The van der Waals surface area contributed by atoms with E-state index in [1.807, 2.05) is 12.2 Å². The van der Waals surface area contributed by atoms with Gasteiger partial charge in [-0.15, -0.1) is 13.2 Å². The summed E-state index contributed by atoms with van der Waals surface area (Å²) in [6.45, 7) is 11.7. The molecule has 0 fully saturated rings. The highest BCUT2D eigenvalue weighted by atomic mass is 16.3. The summed E-state index contributed by atoms with van der Waals surface area (Å²) in [4.78, 5) is 0. The van der Waals surface area contributed by atoms with Crippen molar-refractivity contribution < 1.29 is 5.11 Å². The first-order valence-electron chi connectivity index (χ1n) is 5.50. The molecule has 0 bridgehead atoms. The first kappa shape index (κ1) is 13.4. The topological polar surface area (TPSA) is 20.2 Å². The van der Waals surface area contributed by atoms with Gasteiger partial charge in [0.2, 0.25) is 0 Å². The maximum Gasteiger partial charge on any atom is 0.0599 e. The SMILES string of the molecule is C=CCC(C)(CC=C)[C@H](O)CCCC. The van der Waals surface area contributed by atoms with E-state index in [9.17, 15) is 5.11 Å². The number of rotatable bonds is 8. The van der Waals surface area contributed by atoms with Crippen molar-refractivity contribution in [2.75, 3.05) is 0 Å². The minimum Gasteiger partial charge on any atom is -0.393 e. The summed E-state index contributed by atoms with van der Waals surface area (Å²) in [6, 6.07) is 0. The van der Waals surface area contributed by atoms with Crippen LogP contribution in [0, 0.1) is 5.41 Å². The number of hydrogen-bond donors (Lipinski definition) is 1. The van der Waals surface area contributed by atoms with Crippen LogP contribution in [0.3, 0.4) is 0 Å². The van der Waals surface area contributed by atoms with E-state index in [2.05, 4.69) is 27.0 Å². The Balaban J connectivity index is 4.28. The highest BCUT2D eigenvalue weighted by Crippen LogP contribution is 2.33. The fourth-order valence-electron chi connectivity index (χ4n) is 1.76. The predicted molar refractivity (Wildman–Crippen MR) is 63.3 cm³/mol. The molecular formula is C13H24O. The second-order valence-electron chi connectivity index (χ2n) is 4.30. The van der Waals surface area contributed by atoms with E-state index in [0.717, 1.165) is 32.1 Å². The fourth-order valence-corrected chi connectivity index (χ4v) is 1.76. The van der Waals surface area contributed by atoms with Gasteiger partial charge in [0.05, 0.1) is 6.10 Å². The second-order valence-corrected chi connectivity index (χ2v) is 4.30. The minimum atomic E-state index is -0.238. The van der Waals surface area contributed by atoms with Gasteiger partial charge in [-0.3, -0.25) is 0 Å². The number of aliphatic hydroxyl groups is 1. The van der Waals surface area contributed by atoms with Crippen LogP contribution in [-0.2, 0) is 0 Å². The molecule has 0 saturated carbocycles. The van der Waals surface area contributed by atoms with Gasteiger partial charge >= 0.3 is 0 Å². The lowest BCUT2D eigenvalue weighted by Crippen LogP contribution is -2.31. The fraction of sp³-hybridized carbons (Fsp3) is 0.692. The van der Waals surface area contributed by atoms with Crippen LogP contribution in [-0.4, -0.2) is 11.2 Å². The molecule has 1 nitrogen and oxygen atoms in total. The molecular weight excluding hydrogens is 172 g/mol. The highest BCUT2D eigenvalue weighted by Gasteiger charge is 2.29. The van der Waals surface area contributed by atoms with Crippen molar-refractivity contribution in [2.45, 2.75) is 52.1 Å². The zero-order valence-corrected chi connectivity index (χ0v) is 9.63. The minimum absolute atomic E-state index is 0.0708. The van der Waals surface area contributed by atoms with Crippen molar-refractivity contribution in [1.82, 2.24) is 0 Å². The van der Waals surface area contributed by atoms with Crippen molar-refractivity contribution in [2.24, 2.45) is 5.41 Å². The molecule has 0 aromatic rings. The van der Waals surface area contributed by atoms with Crippen LogP contribution in [0.25, 0.3) is 0 Å². The molecule has 0 aromatic heterocycles. The van der Waals surface area contributed by atoms with E-state index in [4.69, 9.17) is 0 Å². The summed E-state index contributed by atoms with van der Waals surface area (Å²) in [5.41, 5.74) is -0.0708. The van der Waals surface area contributed by atoms with Gasteiger partial charge in [0, 0.05) is 5.41 Å². The van der Waals surface area contributed by atoms with E-state index in [1.165, 1.54) is 0 Å². The molecule has 82 valence electrons. The third-order valence-corrected chi connectivity index (χ3v) is 2.86. The normalized spacial score (nSPS) is 13.6. The maximum absolute atomic E-state index is 10.1. The van der Waals surface area contributed by atoms with E-state index < -0.39 is 0 Å². The number of allylic oxidation sites excluding steroid dienone is 2. The first-order valence-corrected chi connectivity index (χ1v) is 5.50. The summed E-state index contributed by atoms with van der Waals surface area (Å²) in [7, 11) is 0. The van der Waals surface area contributed by atoms with Gasteiger partial charge in [-0.25, -0.2) is 0 Å². The molecule has 1 atom stereocenters. The summed E-state index contributed by atoms with van der Waals surface area (Å²) in [5, 5.41) is 10.1. The Labute approximate surface area is 88.5 Å². The molecule has 1 N–H and O–H groups in total. The zero-order chi connectivity index (χ0) is 11.0. The van der Waals surface area contributed by atoms with Gasteiger partial charge in [0.25, 0.3) is 0 Å². The van der Waals surface area contributed by atoms with Gasteiger partial charge in [0.1, 0.15) is 0 Å². The molecule has 0 aliphatic heterocycles. The number of aliphatic hydroxyl groups excluding tert-OH is 1. The molecule has 0 aliphatic rings. The quantitative estimate of drug-likeness (QED) is 0.587. The Morgan fingerprint density at radius 2 is 1.79 bits per heavy atom. The van der Waals surface area contributed by atoms with Crippen LogP contribution in [0.15, 0.2) is 25.3 Å². The number of unbranched alkanes of at least 4 members (excludes halogenated alkanes) is 1. The van der Waals surface area contributed by atoms with Gasteiger partial charge in [-0.2, -0.15) is 0 Å². The second kappa shape index (κ2) is 6.83. The van der Waals surface area contributed by atoms with E-state index in [1.54, 1.807) is 0 Å². The molecule has 0 saturated heterocycles. The van der Waals surface area contributed by atoms with E-state index in [-0.39, 0.29) is 11.5 Å². The van der Waals surface area contributed by atoms with Crippen molar-refractivity contribution in [1.29, 1.82) is 0 Å². The first-order chi connectivity index (χ1) is 6.60. The third kappa shape index (κ3) is 4.10. The van der Waals surface area contributed by atoms with Crippen LogP contribution < -0.4 is 0 Å². The van der Waals surface area contributed by atoms with Crippen LogP contribution >= 0.6 is 0 Å². The average Bonchev–Trinajstić information content (AvgIpc) is 2.15. The zero-order valence-electron chi connectivity index (χ0n) is 9.63. The van der Waals surface area contributed by atoms with Gasteiger partial charge in [0.15, 0.2) is 0 Å². The highest BCUT2D eigenvalue weighted by molar-refractivity contribution is 4.93. The monoisotopic (exact) mass is 196 g/mol. The van der Waals surface area contributed by atoms with Crippen LogP contribution in [0.1, 0.15) is 46.0 Å². The van der Waals surface area contributed by atoms with Crippen molar-refractivity contribution in [3.8, 4) is 0 Å². The molecule has 0 radical (unpaired) electrons. The molecule has 0 aliphatic carbocycles. The Bertz CT molecular complexity index is 162. The summed E-state index contributed by atoms with van der Waals surface area (Å²) in [5.74, 6) is 0. The van der Waals surface area contributed by atoms with Crippen LogP contribution in [0.5, 0.6) is 0 Å². The Morgan fingerprint density at radius 3 is 2.14 bits per heavy atom. The van der Waals surface area contributed by atoms with Crippen molar-refractivity contribution in [3.05, 3.63) is 25.3 Å². The number of hydrogen-bond acceptors (Lipinski definition) is 1. The van der Waals surface area contributed by atoms with Crippen molar-refractivity contribution >= 4 is 0 Å².